The maximum Gasteiger partial charge on any atom is 0.200 e. The van der Waals surface area contributed by atoms with Crippen molar-refractivity contribution in [2.24, 2.45) is 5.92 Å². The van der Waals surface area contributed by atoms with E-state index < -0.39 is 40.4 Å². The lowest BCUT2D eigenvalue weighted by Crippen LogP contribution is -2.17. The summed E-state index contributed by atoms with van der Waals surface area (Å²) in [6.45, 7) is 0. The fraction of sp³-hybridized carbons (Fsp3) is 0.500. The van der Waals surface area contributed by atoms with Crippen LogP contribution in [0.4, 0.5) is 22.0 Å². The molecule has 1 aromatic carbocycles. The second-order valence-corrected chi connectivity index (χ2v) is 5.08. The molecule has 110 valence electrons. The van der Waals surface area contributed by atoms with Gasteiger partial charge in [0, 0.05) is 6.42 Å². The first kappa shape index (κ1) is 14.9. The standard InChI is InChI=1S/C14H13F5O/c15-10-9(11(16)13(18)14(19)12(10)17)8(20)6-7-4-2-1-3-5-7/h7H,1-6H2. The molecule has 1 aliphatic rings. The Morgan fingerprint density at radius 2 is 1.25 bits per heavy atom. The van der Waals surface area contributed by atoms with E-state index in [0.29, 0.717) is 0 Å². The van der Waals surface area contributed by atoms with Crippen molar-refractivity contribution in [3.63, 3.8) is 0 Å². The van der Waals surface area contributed by atoms with Gasteiger partial charge in [-0.3, -0.25) is 4.79 Å². The molecular formula is C14H13F5O. The van der Waals surface area contributed by atoms with Crippen LogP contribution in [0, 0.1) is 35.0 Å². The molecule has 0 aliphatic heterocycles. The van der Waals surface area contributed by atoms with Gasteiger partial charge in [-0.2, -0.15) is 0 Å². The Kier molecular flexibility index (Phi) is 4.40. The quantitative estimate of drug-likeness (QED) is 0.346. The summed E-state index contributed by atoms with van der Waals surface area (Å²) in [5, 5.41) is 0. The van der Waals surface area contributed by atoms with Crippen molar-refractivity contribution in [2.75, 3.05) is 0 Å². The van der Waals surface area contributed by atoms with E-state index in [9.17, 15) is 26.7 Å². The number of carbonyl (C=O) groups is 1. The van der Waals surface area contributed by atoms with Gasteiger partial charge < -0.3 is 0 Å². The van der Waals surface area contributed by atoms with Crippen LogP contribution < -0.4 is 0 Å². The number of Topliss-reactive ketones (excluding diaryl/α,β-unsaturated/α-hetero) is 1. The number of hydrogen-bond acceptors (Lipinski definition) is 1. The van der Waals surface area contributed by atoms with Crippen LogP contribution in [0.1, 0.15) is 48.9 Å². The highest BCUT2D eigenvalue weighted by Gasteiger charge is 2.30. The zero-order chi connectivity index (χ0) is 14.9. The smallest absolute Gasteiger partial charge is 0.200 e. The van der Waals surface area contributed by atoms with Gasteiger partial charge in [-0.05, 0) is 5.92 Å². The molecule has 0 amide bonds. The van der Waals surface area contributed by atoms with Crippen LogP contribution in [0.15, 0.2) is 0 Å². The monoisotopic (exact) mass is 292 g/mol. The molecule has 0 spiro atoms. The molecule has 0 N–H and O–H groups in total. The lowest BCUT2D eigenvalue weighted by atomic mass is 9.84. The van der Waals surface area contributed by atoms with Crippen LogP contribution in [-0.2, 0) is 0 Å². The maximum absolute atomic E-state index is 13.5. The predicted molar refractivity (Wildman–Crippen MR) is 61.8 cm³/mol. The Labute approximate surface area is 112 Å². The van der Waals surface area contributed by atoms with Gasteiger partial charge in [-0.25, -0.2) is 22.0 Å². The number of hydrogen-bond donors (Lipinski definition) is 0. The second kappa shape index (κ2) is 5.89. The zero-order valence-electron chi connectivity index (χ0n) is 10.6. The molecule has 0 atom stereocenters. The summed E-state index contributed by atoms with van der Waals surface area (Å²) < 4.78 is 65.9. The van der Waals surface area contributed by atoms with Crippen molar-refractivity contribution in [3.8, 4) is 0 Å². The first-order chi connectivity index (χ1) is 9.43. The van der Waals surface area contributed by atoms with Crippen molar-refractivity contribution in [3.05, 3.63) is 34.6 Å². The van der Waals surface area contributed by atoms with Crippen LogP contribution in [0.3, 0.4) is 0 Å². The Bertz CT molecular complexity index is 506. The van der Waals surface area contributed by atoms with Crippen LogP contribution in [0.25, 0.3) is 0 Å². The second-order valence-electron chi connectivity index (χ2n) is 5.08. The van der Waals surface area contributed by atoms with E-state index in [0.717, 1.165) is 32.1 Å². The molecular weight excluding hydrogens is 279 g/mol. The summed E-state index contributed by atoms with van der Waals surface area (Å²) in [6, 6.07) is 0. The van der Waals surface area contributed by atoms with Gasteiger partial charge in [0.05, 0.1) is 5.56 Å². The van der Waals surface area contributed by atoms with E-state index in [-0.39, 0.29) is 12.3 Å². The molecule has 1 aliphatic carbocycles. The topological polar surface area (TPSA) is 17.1 Å². The SMILES string of the molecule is O=C(CC1CCCCC1)c1c(F)c(F)c(F)c(F)c1F. The number of carbonyl (C=O) groups excluding carboxylic acids is 1. The molecule has 1 saturated carbocycles. The molecule has 1 fully saturated rings. The Morgan fingerprint density at radius 1 is 0.800 bits per heavy atom. The van der Waals surface area contributed by atoms with Crippen molar-refractivity contribution >= 4 is 5.78 Å². The molecule has 1 nitrogen and oxygen atoms in total. The Morgan fingerprint density at radius 3 is 1.75 bits per heavy atom. The molecule has 20 heavy (non-hydrogen) atoms. The molecule has 0 radical (unpaired) electrons. The number of halogens is 5. The highest BCUT2D eigenvalue weighted by atomic mass is 19.2. The summed E-state index contributed by atoms with van der Waals surface area (Å²) in [7, 11) is 0. The van der Waals surface area contributed by atoms with E-state index in [4.69, 9.17) is 0 Å². The van der Waals surface area contributed by atoms with Gasteiger partial charge in [0.2, 0.25) is 5.82 Å². The number of rotatable bonds is 3. The molecule has 2 rings (SSSR count). The fourth-order valence-corrected chi connectivity index (χ4v) is 2.61. The normalized spacial score (nSPS) is 16.4. The Hall–Kier alpha value is -1.46. The largest absolute Gasteiger partial charge is 0.294 e. The van der Waals surface area contributed by atoms with Crippen LogP contribution in [-0.4, -0.2) is 5.78 Å². The highest BCUT2D eigenvalue weighted by molar-refractivity contribution is 5.96. The average molecular weight is 292 g/mol. The molecule has 0 bridgehead atoms. The van der Waals surface area contributed by atoms with Crippen molar-refractivity contribution in [1.82, 2.24) is 0 Å². The van der Waals surface area contributed by atoms with E-state index in [1.54, 1.807) is 0 Å². The van der Waals surface area contributed by atoms with Crippen LogP contribution >= 0.6 is 0 Å². The molecule has 0 aromatic heterocycles. The van der Waals surface area contributed by atoms with E-state index in [2.05, 4.69) is 0 Å². The molecule has 0 saturated heterocycles. The predicted octanol–water partition coefficient (Wildman–Crippen LogP) is 4.54. The number of benzene rings is 1. The van der Waals surface area contributed by atoms with Gasteiger partial charge in [0.25, 0.3) is 0 Å². The lowest BCUT2D eigenvalue weighted by molar-refractivity contribution is 0.0938. The molecule has 6 heteroatoms. The highest BCUT2D eigenvalue weighted by Crippen LogP contribution is 2.30. The molecule has 0 unspecified atom stereocenters. The Balaban J connectivity index is 2.30. The summed E-state index contributed by atoms with van der Waals surface area (Å²) in [6.07, 6.45) is 4.15. The zero-order valence-corrected chi connectivity index (χ0v) is 10.6. The molecule has 1 aromatic rings. The molecule has 0 heterocycles. The van der Waals surface area contributed by atoms with Crippen LogP contribution in [0.5, 0.6) is 0 Å². The van der Waals surface area contributed by atoms with E-state index >= 15 is 0 Å². The lowest BCUT2D eigenvalue weighted by Gasteiger charge is -2.20. The van der Waals surface area contributed by atoms with Crippen LogP contribution in [0.2, 0.25) is 0 Å². The third-order valence-electron chi connectivity index (χ3n) is 3.69. The average Bonchev–Trinajstić information content (AvgIpc) is 2.44. The third kappa shape index (κ3) is 2.69. The minimum Gasteiger partial charge on any atom is -0.294 e. The first-order valence-corrected chi connectivity index (χ1v) is 6.48. The summed E-state index contributed by atoms with van der Waals surface area (Å²) in [5.41, 5.74) is -1.31. The summed E-state index contributed by atoms with van der Waals surface area (Å²) in [4.78, 5) is 11.8. The van der Waals surface area contributed by atoms with Crippen molar-refractivity contribution in [2.45, 2.75) is 38.5 Å². The van der Waals surface area contributed by atoms with E-state index in [1.807, 2.05) is 0 Å². The minimum atomic E-state index is -2.24. The van der Waals surface area contributed by atoms with Crippen molar-refractivity contribution in [1.29, 1.82) is 0 Å². The van der Waals surface area contributed by atoms with Crippen molar-refractivity contribution < 1.29 is 26.7 Å². The van der Waals surface area contributed by atoms with Gasteiger partial charge in [-0.15, -0.1) is 0 Å². The van der Waals surface area contributed by atoms with Gasteiger partial charge in [0.15, 0.2) is 29.1 Å². The van der Waals surface area contributed by atoms with Gasteiger partial charge >= 0.3 is 0 Å². The maximum atomic E-state index is 13.5. The summed E-state index contributed by atoms with van der Waals surface area (Å²) in [5.74, 6) is -11.5. The van der Waals surface area contributed by atoms with E-state index in [1.165, 1.54) is 0 Å². The third-order valence-corrected chi connectivity index (χ3v) is 3.69. The minimum absolute atomic E-state index is 0.0498. The first-order valence-electron chi connectivity index (χ1n) is 6.48. The summed E-state index contributed by atoms with van der Waals surface area (Å²) >= 11 is 0. The number of ketones is 1. The fourth-order valence-electron chi connectivity index (χ4n) is 2.61. The van der Waals surface area contributed by atoms with Gasteiger partial charge in [-0.1, -0.05) is 32.1 Å². The van der Waals surface area contributed by atoms with Gasteiger partial charge in [0.1, 0.15) is 0 Å².